The topological polar surface area (TPSA) is 59.6 Å². The summed E-state index contributed by atoms with van der Waals surface area (Å²) in [6.07, 6.45) is 1.77. The molecular weight excluding hydrogens is 328 g/mol. The summed E-state index contributed by atoms with van der Waals surface area (Å²) in [4.78, 5) is 12.0. The lowest BCUT2D eigenvalue weighted by Crippen LogP contribution is -2.43. The van der Waals surface area contributed by atoms with Crippen LogP contribution in [0, 0.1) is 0 Å². The summed E-state index contributed by atoms with van der Waals surface area (Å²) < 4.78 is 11.2. The van der Waals surface area contributed by atoms with Gasteiger partial charge in [0.2, 0.25) is 0 Å². The van der Waals surface area contributed by atoms with Crippen molar-refractivity contribution in [2.24, 2.45) is 0 Å². The van der Waals surface area contributed by atoms with Crippen LogP contribution in [0.25, 0.3) is 0 Å². The van der Waals surface area contributed by atoms with Crippen LogP contribution in [0.15, 0.2) is 48.5 Å². The van der Waals surface area contributed by atoms with Crippen LogP contribution in [0.3, 0.4) is 0 Å². The second kappa shape index (κ2) is 9.25. The maximum absolute atomic E-state index is 12.0. The third-order valence-corrected chi connectivity index (χ3v) is 4.31. The van der Waals surface area contributed by atoms with Crippen molar-refractivity contribution in [1.29, 1.82) is 0 Å². The van der Waals surface area contributed by atoms with E-state index in [-0.39, 0.29) is 12.1 Å². The standard InChI is InChI=1S/C21H26N2O3/c1-16(14-25-15-18-5-3-2-4-6-18)23-21(24)22-11-9-17-7-8-20-19(13-17)10-12-26-20/h2-8,13,16H,9-12,14-15H2,1H3,(H2,22,23,24)/t16-/m0/s1. The first-order chi connectivity index (χ1) is 12.7. The van der Waals surface area contributed by atoms with E-state index in [1.165, 1.54) is 11.1 Å². The van der Waals surface area contributed by atoms with Gasteiger partial charge in [-0.05, 0) is 36.1 Å². The van der Waals surface area contributed by atoms with Gasteiger partial charge in [0.05, 0.1) is 25.9 Å². The number of amides is 2. The average molecular weight is 354 g/mol. The fraction of sp³-hybridized carbons (Fsp3) is 0.381. The van der Waals surface area contributed by atoms with Gasteiger partial charge in [-0.25, -0.2) is 4.79 Å². The molecule has 0 fully saturated rings. The van der Waals surface area contributed by atoms with Crippen molar-refractivity contribution in [3.8, 4) is 5.75 Å². The second-order valence-electron chi connectivity index (χ2n) is 6.59. The van der Waals surface area contributed by atoms with Crippen LogP contribution < -0.4 is 15.4 Å². The van der Waals surface area contributed by atoms with E-state index >= 15 is 0 Å². The van der Waals surface area contributed by atoms with E-state index in [4.69, 9.17) is 9.47 Å². The van der Waals surface area contributed by atoms with Gasteiger partial charge < -0.3 is 20.1 Å². The fourth-order valence-corrected chi connectivity index (χ4v) is 2.96. The highest BCUT2D eigenvalue weighted by atomic mass is 16.5. The number of carbonyl (C=O) groups is 1. The number of fused-ring (bicyclic) bond motifs is 1. The molecule has 2 N–H and O–H groups in total. The van der Waals surface area contributed by atoms with Gasteiger partial charge in [-0.3, -0.25) is 0 Å². The molecule has 1 aliphatic rings. The molecule has 0 bridgehead atoms. The number of urea groups is 1. The van der Waals surface area contributed by atoms with Crippen molar-refractivity contribution in [3.05, 3.63) is 65.2 Å². The van der Waals surface area contributed by atoms with Gasteiger partial charge in [-0.2, -0.15) is 0 Å². The molecule has 5 heteroatoms. The molecule has 5 nitrogen and oxygen atoms in total. The van der Waals surface area contributed by atoms with E-state index in [2.05, 4.69) is 22.8 Å². The number of ether oxygens (including phenoxy) is 2. The van der Waals surface area contributed by atoms with E-state index in [1.807, 2.05) is 43.3 Å². The summed E-state index contributed by atoms with van der Waals surface area (Å²) in [6, 6.07) is 16.0. The molecule has 0 aliphatic carbocycles. The molecule has 1 aliphatic heterocycles. The van der Waals surface area contributed by atoms with E-state index in [0.717, 1.165) is 30.8 Å². The molecule has 1 heterocycles. The van der Waals surface area contributed by atoms with Crippen LogP contribution in [0.5, 0.6) is 5.75 Å². The number of hydrogen-bond donors (Lipinski definition) is 2. The Morgan fingerprint density at radius 2 is 2.04 bits per heavy atom. The second-order valence-corrected chi connectivity index (χ2v) is 6.59. The Kier molecular flexibility index (Phi) is 6.50. The monoisotopic (exact) mass is 354 g/mol. The van der Waals surface area contributed by atoms with Gasteiger partial charge in [0, 0.05) is 13.0 Å². The van der Waals surface area contributed by atoms with Crippen LogP contribution >= 0.6 is 0 Å². The summed E-state index contributed by atoms with van der Waals surface area (Å²) in [5.41, 5.74) is 3.61. The minimum atomic E-state index is -0.162. The molecule has 3 rings (SSSR count). The van der Waals surface area contributed by atoms with Gasteiger partial charge in [0.25, 0.3) is 0 Å². The number of rotatable bonds is 8. The maximum atomic E-state index is 12.0. The van der Waals surface area contributed by atoms with Crippen LogP contribution in [-0.2, 0) is 24.2 Å². The molecule has 0 radical (unpaired) electrons. The minimum absolute atomic E-state index is 0.0455. The first kappa shape index (κ1) is 18.3. The zero-order valence-electron chi connectivity index (χ0n) is 15.2. The van der Waals surface area contributed by atoms with Crippen LogP contribution in [-0.4, -0.2) is 31.8 Å². The molecule has 26 heavy (non-hydrogen) atoms. The van der Waals surface area contributed by atoms with E-state index in [0.29, 0.717) is 19.8 Å². The maximum Gasteiger partial charge on any atom is 0.315 e. The molecule has 1 atom stereocenters. The lowest BCUT2D eigenvalue weighted by atomic mass is 10.1. The molecule has 0 aromatic heterocycles. The first-order valence-electron chi connectivity index (χ1n) is 9.11. The molecule has 2 aromatic carbocycles. The van der Waals surface area contributed by atoms with Gasteiger partial charge in [0.15, 0.2) is 0 Å². The number of nitrogens with one attached hydrogen (secondary N) is 2. The van der Waals surface area contributed by atoms with Crippen molar-refractivity contribution >= 4 is 6.03 Å². The van der Waals surface area contributed by atoms with E-state index < -0.39 is 0 Å². The molecule has 138 valence electrons. The van der Waals surface area contributed by atoms with Gasteiger partial charge in [-0.1, -0.05) is 42.5 Å². The highest BCUT2D eigenvalue weighted by Gasteiger charge is 2.12. The average Bonchev–Trinajstić information content (AvgIpc) is 3.10. The molecule has 0 unspecified atom stereocenters. The minimum Gasteiger partial charge on any atom is -0.493 e. The van der Waals surface area contributed by atoms with E-state index in [1.54, 1.807) is 0 Å². The molecule has 0 saturated carbocycles. The first-order valence-corrected chi connectivity index (χ1v) is 9.11. The van der Waals surface area contributed by atoms with Gasteiger partial charge >= 0.3 is 6.03 Å². The SMILES string of the molecule is C[C@@H](COCc1ccccc1)NC(=O)NCCc1ccc2c(c1)CCO2. The Labute approximate surface area is 154 Å². The number of hydrogen-bond acceptors (Lipinski definition) is 3. The Hall–Kier alpha value is -2.53. The molecular formula is C21H26N2O3. The van der Waals surface area contributed by atoms with Crippen molar-refractivity contribution in [2.75, 3.05) is 19.8 Å². The van der Waals surface area contributed by atoms with Crippen molar-refractivity contribution in [3.63, 3.8) is 0 Å². The number of benzene rings is 2. The molecule has 2 amide bonds. The predicted molar refractivity (Wildman–Crippen MR) is 101 cm³/mol. The smallest absolute Gasteiger partial charge is 0.315 e. The summed E-state index contributed by atoms with van der Waals surface area (Å²) in [5, 5.41) is 5.80. The Bertz CT molecular complexity index is 718. The van der Waals surface area contributed by atoms with Crippen molar-refractivity contribution < 1.29 is 14.3 Å². The third-order valence-electron chi connectivity index (χ3n) is 4.31. The summed E-state index contributed by atoms with van der Waals surface area (Å²) >= 11 is 0. The summed E-state index contributed by atoms with van der Waals surface area (Å²) in [5.74, 6) is 0.990. The summed E-state index contributed by atoms with van der Waals surface area (Å²) in [6.45, 7) is 4.33. The van der Waals surface area contributed by atoms with Crippen LogP contribution in [0.2, 0.25) is 0 Å². The normalized spacial score (nSPS) is 13.6. The van der Waals surface area contributed by atoms with Crippen LogP contribution in [0.1, 0.15) is 23.6 Å². The van der Waals surface area contributed by atoms with Gasteiger partial charge in [-0.15, -0.1) is 0 Å². The Balaban J connectivity index is 1.31. The lowest BCUT2D eigenvalue weighted by molar-refractivity contribution is 0.104. The highest BCUT2D eigenvalue weighted by molar-refractivity contribution is 5.74. The lowest BCUT2D eigenvalue weighted by Gasteiger charge is -2.15. The molecule has 0 spiro atoms. The Morgan fingerprint density at radius 3 is 2.88 bits per heavy atom. The van der Waals surface area contributed by atoms with Crippen molar-refractivity contribution in [2.45, 2.75) is 32.4 Å². The predicted octanol–water partition coefficient (Wildman–Crippen LogP) is 3.07. The van der Waals surface area contributed by atoms with Crippen molar-refractivity contribution in [1.82, 2.24) is 10.6 Å². The quantitative estimate of drug-likeness (QED) is 0.766. The molecule has 0 saturated heterocycles. The number of carbonyl (C=O) groups excluding carboxylic acids is 1. The highest BCUT2D eigenvalue weighted by Crippen LogP contribution is 2.25. The largest absolute Gasteiger partial charge is 0.493 e. The zero-order chi connectivity index (χ0) is 18.2. The van der Waals surface area contributed by atoms with Gasteiger partial charge in [0.1, 0.15) is 5.75 Å². The van der Waals surface area contributed by atoms with Crippen LogP contribution in [0.4, 0.5) is 4.79 Å². The Morgan fingerprint density at radius 1 is 1.19 bits per heavy atom. The zero-order valence-corrected chi connectivity index (χ0v) is 15.2. The van der Waals surface area contributed by atoms with E-state index in [9.17, 15) is 4.79 Å². The molecule has 2 aromatic rings. The fourth-order valence-electron chi connectivity index (χ4n) is 2.96. The summed E-state index contributed by atoms with van der Waals surface area (Å²) in [7, 11) is 0. The third kappa shape index (κ3) is 5.49.